The number of anilines is 1. The number of nitrogens with zero attached hydrogens (tertiary/aromatic N) is 1. The fraction of sp³-hybridized carbons (Fsp3) is 0.444. The molecule has 1 aromatic carbocycles. The molecular formula is C18H24ClN3O2S. The maximum Gasteiger partial charge on any atom is 0.229 e. The third-order valence-electron chi connectivity index (χ3n) is 4.19. The first-order valence-corrected chi connectivity index (χ1v) is 9.26. The van der Waals surface area contributed by atoms with E-state index in [2.05, 4.69) is 22.5 Å². The lowest BCUT2D eigenvalue weighted by atomic mass is 9.92. The number of carbonyl (C=O) groups is 1. The summed E-state index contributed by atoms with van der Waals surface area (Å²) in [5.74, 6) is 1.00. The van der Waals surface area contributed by atoms with E-state index >= 15 is 0 Å². The van der Waals surface area contributed by atoms with Crippen molar-refractivity contribution in [2.24, 2.45) is 5.92 Å². The van der Waals surface area contributed by atoms with Crippen molar-refractivity contribution in [3.05, 3.63) is 29.6 Å². The van der Waals surface area contributed by atoms with E-state index in [0.717, 1.165) is 36.4 Å². The second-order valence-corrected chi connectivity index (χ2v) is 6.92. The lowest BCUT2D eigenvalue weighted by Crippen LogP contribution is -2.40. The summed E-state index contributed by atoms with van der Waals surface area (Å²) < 4.78 is 5.45. The van der Waals surface area contributed by atoms with Gasteiger partial charge in [0.05, 0.1) is 12.3 Å². The molecule has 0 saturated carbocycles. The Morgan fingerprint density at radius 1 is 1.40 bits per heavy atom. The van der Waals surface area contributed by atoms with Crippen LogP contribution in [0.1, 0.15) is 26.7 Å². The number of ether oxygens (including phenoxy) is 1. The molecule has 1 amide bonds. The molecule has 1 aromatic heterocycles. The minimum atomic E-state index is 0. The molecular weight excluding hydrogens is 358 g/mol. The van der Waals surface area contributed by atoms with Gasteiger partial charge in [0.15, 0.2) is 5.13 Å². The predicted octanol–water partition coefficient (Wildman–Crippen LogP) is 3.96. The van der Waals surface area contributed by atoms with Crippen LogP contribution in [-0.2, 0) is 4.79 Å². The number of aromatic nitrogens is 1. The molecule has 3 rings (SSSR count). The van der Waals surface area contributed by atoms with E-state index in [1.54, 1.807) is 0 Å². The molecule has 2 aromatic rings. The Kier molecular flexibility index (Phi) is 7.23. The van der Waals surface area contributed by atoms with Crippen LogP contribution in [0.4, 0.5) is 5.13 Å². The Labute approximate surface area is 158 Å². The zero-order valence-electron chi connectivity index (χ0n) is 14.5. The summed E-state index contributed by atoms with van der Waals surface area (Å²) in [4.78, 5) is 16.9. The van der Waals surface area contributed by atoms with Gasteiger partial charge in [0.1, 0.15) is 5.75 Å². The molecule has 0 radical (unpaired) electrons. The number of benzene rings is 1. The fourth-order valence-electron chi connectivity index (χ4n) is 2.93. The summed E-state index contributed by atoms with van der Waals surface area (Å²) in [6, 6.07) is 8.24. The van der Waals surface area contributed by atoms with Crippen molar-refractivity contribution in [1.29, 1.82) is 0 Å². The average molecular weight is 382 g/mol. The molecule has 0 unspecified atom stereocenters. The second kappa shape index (κ2) is 9.17. The molecule has 25 heavy (non-hydrogen) atoms. The number of halogens is 1. The lowest BCUT2D eigenvalue weighted by Gasteiger charge is -2.26. The van der Waals surface area contributed by atoms with Crippen molar-refractivity contribution < 1.29 is 9.53 Å². The maximum absolute atomic E-state index is 12.4. The van der Waals surface area contributed by atoms with Crippen molar-refractivity contribution in [2.45, 2.75) is 32.7 Å². The van der Waals surface area contributed by atoms with Gasteiger partial charge in [-0.25, -0.2) is 4.98 Å². The number of carbonyl (C=O) groups excluding carboxylic acids is 1. The van der Waals surface area contributed by atoms with Gasteiger partial charge < -0.3 is 15.4 Å². The molecule has 1 fully saturated rings. The van der Waals surface area contributed by atoms with Gasteiger partial charge in [-0.05, 0) is 57.5 Å². The third-order valence-corrected chi connectivity index (χ3v) is 4.95. The molecule has 5 nitrogen and oxygen atoms in total. The van der Waals surface area contributed by atoms with E-state index in [4.69, 9.17) is 4.74 Å². The smallest absolute Gasteiger partial charge is 0.229 e. The Bertz CT molecular complexity index is 690. The topological polar surface area (TPSA) is 63.2 Å². The van der Waals surface area contributed by atoms with Gasteiger partial charge >= 0.3 is 0 Å². The molecule has 136 valence electrons. The first kappa shape index (κ1) is 19.7. The van der Waals surface area contributed by atoms with Gasteiger partial charge in [-0.15, -0.1) is 23.7 Å². The molecule has 1 saturated heterocycles. The number of rotatable bonds is 5. The van der Waals surface area contributed by atoms with Crippen LogP contribution in [0.15, 0.2) is 29.6 Å². The fourth-order valence-corrected chi connectivity index (χ4v) is 3.65. The highest BCUT2D eigenvalue weighted by molar-refractivity contribution is 7.14. The van der Waals surface area contributed by atoms with Gasteiger partial charge in [-0.2, -0.15) is 0 Å². The normalized spacial score (nSPS) is 19.8. The highest BCUT2D eigenvalue weighted by atomic mass is 35.5. The molecule has 0 spiro atoms. The maximum atomic E-state index is 12.4. The first-order valence-electron chi connectivity index (χ1n) is 8.38. The Morgan fingerprint density at radius 3 is 2.84 bits per heavy atom. The van der Waals surface area contributed by atoms with Crippen molar-refractivity contribution in [3.8, 4) is 17.0 Å². The summed E-state index contributed by atoms with van der Waals surface area (Å²) in [6.07, 6.45) is 1.76. The van der Waals surface area contributed by atoms with Crippen molar-refractivity contribution in [3.63, 3.8) is 0 Å². The van der Waals surface area contributed by atoms with Crippen LogP contribution in [0.2, 0.25) is 0 Å². The number of thiazole rings is 1. The predicted molar refractivity (Wildman–Crippen MR) is 105 cm³/mol. The summed E-state index contributed by atoms with van der Waals surface area (Å²) >= 11 is 1.46. The third kappa shape index (κ3) is 5.17. The van der Waals surface area contributed by atoms with E-state index in [9.17, 15) is 4.79 Å². The van der Waals surface area contributed by atoms with Crippen LogP contribution in [-0.4, -0.2) is 30.1 Å². The van der Waals surface area contributed by atoms with Crippen molar-refractivity contribution in [2.75, 3.05) is 18.5 Å². The quantitative estimate of drug-likeness (QED) is 0.822. The van der Waals surface area contributed by atoms with Crippen molar-refractivity contribution in [1.82, 2.24) is 10.3 Å². The molecule has 0 bridgehead atoms. The highest BCUT2D eigenvalue weighted by Gasteiger charge is 2.25. The Balaban J connectivity index is 0.00000225. The zero-order valence-corrected chi connectivity index (χ0v) is 16.1. The monoisotopic (exact) mass is 381 g/mol. The second-order valence-electron chi connectivity index (χ2n) is 6.06. The highest BCUT2D eigenvalue weighted by Crippen LogP contribution is 2.27. The summed E-state index contributed by atoms with van der Waals surface area (Å²) in [5, 5.41) is 8.97. The van der Waals surface area contributed by atoms with Gasteiger partial charge in [0.2, 0.25) is 5.91 Å². The lowest BCUT2D eigenvalue weighted by molar-refractivity contribution is -0.120. The van der Waals surface area contributed by atoms with Crippen molar-refractivity contribution >= 4 is 34.8 Å². The van der Waals surface area contributed by atoms with E-state index < -0.39 is 0 Å². The molecule has 2 heterocycles. The zero-order chi connectivity index (χ0) is 16.9. The summed E-state index contributed by atoms with van der Waals surface area (Å²) in [5.41, 5.74) is 1.89. The molecule has 1 aliphatic heterocycles. The van der Waals surface area contributed by atoms with Crippen LogP contribution >= 0.6 is 23.7 Å². The van der Waals surface area contributed by atoms with Crippen LogP contribution in [0.5, 0.6) is 5.75 Å². The van der Waals surface area contributed by atoms with E-state index in [1.165, 1.54) is 11.3 Å². The van der Waals surface area contributed by atoms with Crippen LogP contribution in [0, 0.1) is 5.92 Å². The van der Waals surface area contributed by atoms with Gasteiger partial charge in [0.25, 0.3) is 0 Å². The number of amides is 1. The van der Waals surface area contributed by atoms with Crippen LogP contribution < -0.4 is 15.4 Å². The summed E-state index contributed by atoms with van der Waals surface area (Å²) in [7, 11) is 0. The first-order chi connectivity index (χ1) is 11.7. The standard InChI is InChI=1S/C18H23N3O2S.ClH/c1-3-23-15-6-4-13(5-7-15)16-11-24-18(20-16)21-17(22)14-8-9-19-12(2)10-14;/h4-7,11-12,14,19H,3,8-10H2,1-2H3,(H,20,21,22);1H/t12-,14-;/m0./s1. The SMILES string of the molecule is CCOc1ccc(-c2csc(NC(=O)[C@H]3CCN[C@@H](C)C3)n2)cc1.Cl. The summed E-state index contributed by atoms with van der Waals surface area (Å²) in [6.45, 7) is 5.63. The van der Waals surface area contributed by atoms with E-state index in [-0.39, 0.29) is 24.2 Å². The Hall–Kier alpha value is -1.63. The number of hydrogen-bond acceptors (Lipinski definition) is 5. The van der Waals surface area contributed by atoms with Gasteiger partial charge in [-0.3, -0.25) is 4.79 Å². The molecule has 0 aliphatic carbocycles. The molecule has 2 atom stereocenters. The number of piperidine rings is 1. The average Bonchev–Trinajstić information content (AvgIpc) is 3.04. The molecule has 2 N–H and O–H groups in total. The van der Waals surface area contributed by atoms with Crippen LogP contribution in [0.3, 0.4) is 0 Å². The minimum Gasteiger partial charge on any atom is -0.494 e. The Morgan fingerprint density at radius 2 is 2.16 bits per heavy atom. The van der Waals surface area contributed by atoms with Gasteiger partial charge in [-0.1, -0.05) is 0 Å². The largest absolute Gasteiger partial charge is 0.494 e. The van der Waals surface area contributed by atoms with Gasteiger partial charge in [0, 0.05) is 22.9 Å². The van der Waals surface area contributed by atoms with E-state index in [0.29, 0.717) is 17.8 Å². The minimum absolute atomic E-state index is 0. The molecule has 7 heteroatoms. The number of hydrogen-bond donors (Lipinski definition) is 2. The number of nitrogens with one attached hydrogen (secondary N) is 2. The molecule has 1 aliphatic rings. The van der Waals surface area contributed by atoms with Crippen LogP contribution in [0.25, 0.3) is 11.3 Å². The van der Waals surface area contributed by atoms with E-state index in [1.807, 2.05) is 36.6 Å².